The Kier molecular flexibility index (Phi) is 3.67. The summed E-state index contributed by atoms with van der Waals surface area (Å²) in [6.07, 6.45) is -3.18. The van der Waals surface area contributed by atoms with Crippen LogP contribution in [0.4, 0.5) is 19.0 Å². The Morgan fingerprint density at radius 3 is 2.74 bits per heavy atom. The number of rotatable bonds is 2. The molecule has 0 spiro atoms. The van der Waals surface area contributed by atoms with Crippen molar-refractivity contribution in [2.24, 2.45) is 0 Å². The summed E-state index contributed by atoms with van der Waals surface area (Å²) >= 11 is 0. The van der Waals surface area contributed by atoms with E-state index in [0.29, 0.717) is 24.7 Å². The maximum Gasteiger partial charge on any atom is 0.433 e. The number of pyridine rings is 1. The lowest BCUT2D eigenvalue weighted by Gasteiger charge is -2.24. The van der Waals surface area contributed by atoms with Crippen molar-refractivity contribution in [1.29, 1.82) is 5.26 Å². The summed E-state index contributed by atoms with van der Waals surface area (Å²) < 4.78 is 43.7. The van der Waals surface area contributed by atoms with Crippen LogP contribution in [0.25, 0.3) is 0 Å². The molecule has 0 radical (unpaired) electrons. The van der Waals surface area contributed by atoms with E-state index in [-0.39, 0.29) is 17.4 Å². The topological polar surface area (TPSA) is 78.8 Å². The van der Waals surface area contributed by atoms with Crippen LogP contribution >= 0.6 is 0 Å². The fourth-order valence-electron chi connectivity index (χ4n) is 2.65. The molecule has 0 aliphatic carbocycles. The molecule has 0 aromatic carbocycles. The zero-order valence-electron chi connectivity index (χ0n) is 12.1. The Morgan fingerprint density at radius 2 is 2.13 bits per heavy atom. The number of nitrogens with zero attached hydrogens (tertiary/aromatic N) is 5. The van der Waals surface area contributed by atoms with Gasteiger partial charge in [0.1, 0.15) is 17.6 Å². The van der Waals surface area contributed by atoms with E-state index in [0.717, 1.165) is 18.6 Å². The zero-order chi connectivity index (χ0) is 16.6. The van der Waals surface area contributed by atoms with Crippen molar-refractivity contribution in [3.05, 3.63) is 35.1 Å². The predicted octanol–water partition coefficient (Wildman–Crippen LogP) is 3.01. The minimum absolute atomic E-state index is 0.00674. The third kappa shape index (κ3) is 2.84. The number of aryl methyl sites for hydroxylation is 1. The first-order valence-electron chi connectivity index (χ1n) is 6.95. The number of hydrogen-bond acceptors (Lipinski definition) is 6. The molecule has 3 rings (SSSR count). The van der Waals surface area contributed by atoms with Crippen molar-refractivity contribution in [2.75, 3.05) is 11.4 Å². The molecule has 120 valence electrons. The molecule has 2 aromatic heterocycles. The van der Waals surface area contributed by atoms with Crippen molar-refractivity contribution in [2.45, 2.75) is 32.0 Å². The predicted molar refractivity (Wildman–Crippen MR) is 72.3 cm³/mol. The Morgan fingerprint density at radius 1 is 1.35 bits per heavy atom. The molecule has 6 nitrogen and oxygen atoms in total. The zero-order valence-corrected chi connectivity index (χ0v) is 12.1. The third-order valence-corrected chi connectivity index (χ3v) is 3.65. The number of aromatic nitrogens is 3. The standard InChI is InChI=1S/C14H12F3N5O/c1-8-19-12(21-23-8)10-3-2-6-22(10)13-9(7-18)4-5-11(20-13)14(15,16)17/h4-5,10H,2-3,6H2,1H3. The van der Waals surface area contributed by atoms with E-state index in [4.69, 9.17) is 4.52 Å². The molecule has 1 fully saturated rings. The molecule has 1 aliphatic rings. The molecule has 0 saturated carbocycles. The Balaban J connectivity index is 2.04. The highest BCUT2D eigenvalue weighted by molar-refractivity contribution is 5.56. The van der Waals surface area contributed by atoms with Crippen molar-refractivity contribution in [3.63, 3.8) is 0 Å². The summed E-state index contributed by atoms with van der Waals surface area (Å²) in [5, 5.41) is 13.0. The van der Waals surface area contributed by atoms with Gasteiger partial charge in [0, 0.05) is 13.5 Å². The van der Waals surface area contributed by atoms with Crippen LogP contribution in [0.3, 0.4) is 0 Å². The Labute approximate surface area is 129 Å². The molecule has 1 aliphatic heterocycles. The van der Waals surface area contributed by atoms with Crippen LogP contribution < -0.4 is 4.90 Å². The van der Waals surface area contributed by atoms with Gasteiger partial charge in [0.2, 0.25) is 5.89 Å². The molecule has 1 saturated heterocycles. The van der Waals surface area contributed by atoms with Gasteiger partial charge in [-0.2, -0.15) is 23.4 Å². The fourth-order valence-corrected chi connectivity index (χ4v) is 2.65. The largest absolute Gasteiger partial charge is 0.433 e. The first-order chi connectivity index (χ1) is 10.9. The summed E-state index contributed by atoms with van der Waals surface area (Å²) in [6.45, 7) is 2.11. The third-order valence-electron chi connectivity index (χ3n) is 3.65. The summed E-state index contributed by atoms with van der Waals surface area (Å²) in [5.41, 5.74) is -0.938. The van der Waals surface area contributed by atoms with Crippen LogP contribution in [0, 0.1) is 18.3 Å². The van der Waals surface area contributed by atoms with Gasteiger partial charge in [0.15, 0.2) is 5.82 Å². The smallest absolute Gasteiger partial charge is 0.345 e. The molecule has 9 heteroatoms. The van der Waals surface area contributed by atoms with E-state index in [1.54, 1.807) is 11.8 Å². The molecule has 0 bridgehead atoms. The van der Waals surface area contributed by atoms with E-state index in [9.17, 15) is 18.4 Å². The van der Waals surface area contributed by atoms with Crippen molar-refractivity contribution in [1.82, 2.24) is 15.1 Å². The van der Waals surface area contributed by atoms with Crippen LogP contribution in [-0.2, 0) is 6.18 Å². The van der Waals surface area contributed by atoms with Gasteiger partial charge in [0.25, 0.3) is 0 Å². The number of alkyl halides is 3. The molecule has 1 unspecified atom stereocenters. The highest BCUT2D eigenvalue weighted by Gasteiger charge is 2.36. The molecule has 0 amide bonds. The Hall–Kier alpha value is -2.63. The maximum absolute atomic E-state index is 12.9. The van der Waals surface area contributed by atoms with E-state index in [1.807, 2.05) is 6.07 Å². The monoisotopic (exact) mass is 323 g/mol. The summed E-state index contributed by atoms with van der Waals surface area (Å²) in [7, 11) is 0. The number of nitriles is 1. The number of anilines is 1. The number of halogens is 3. The molecular formula is C14H12F3N5O. The minimum Gasteiger partial charge on any atom is -0.345 e. The van der Waals surface area contributed by atoms with Crippen molar-refractivity contribution in [3.8, 4) is 6.07 Å². The summed E-state index contributed by atoms with van der Waals surface area (Å²) in [4.78, 5) is 9.45. The lowest BCUT2D eigenvalue weighted by Crippen LogP contribution is -2.26. The van der Waals surface area contributed by atoms with Crippen LogP contribution in [0.15, 0.2) is 16.7 Å². The van der Waals surface area contributed by atoms with Crippen LogP contribution in [0.2, 0.25) is 0 Å². The first kappa shape index (κ1) is 15.3. The van der Waals surface area contributed by atoms with Crippen LogP contribution in [0.5, 0.6) is 0 Å². The Bertz CT molecular complexity index is 765. The van der Waals surface area contributed by atoms with Crippen LogP contribution in [0.1, 0.15) is 41.9 Å². The molecular weight excluding hydrogens is 311 g/mol. The summed E-state index contributed by atoms with van der Waals surface area (Å²) in [6, 6.07) is 3.49. The van der Waals surface area contributed by atoms with Crippen molar-refractivity contribution >= 4 is 5.82 Å². The molecule has 2 aromatic rings. The SMILES string of the molecule is Cc1nc(C2CCCN2c2nc(C(F)(F)F)ccc2C#N)no1. The van der Waals surface area contributed by atoms with E-state index in [2.05, 4.69) is 15.1 Å². The normalized spacial score (nSPS) is 18.2. The molecule has 23 heavy (non-hydrogen) atoms. The molecule has 3 heterocycles. The highest BCUT2D eigenvalue weighted by atomic mass is 19.4. The fraction of sp³-hybridized carbons (Fsp3) is 0.429. The maximum atomic E-state index is 12.9. The average Bonchev–Trinajstić information content (AvgIpc) is 3.13. The van der Waals surface area contributed by atoms with Crippen LogP contribution in [-0.4, -0.2) is 21.7 Å². The van der Waals surface area contributed by atoms with E-state index >= 15 is 0 Å². The minimum atomic E-state index is -4.57. The lowest BCUT2D eigenvalue weighted by atomic mass is 10.2. The van der Waals surface area contributed by atoms with E-state index < -0.39 is 11.9 Å². The first-order valence-corrected chi connectivity index (χ1v) is 6.95. The van der Waals surface area contributed by atoms with Gasteiger partial charge in [0.05, 0.1) is 11.6 Å². The average molecular weight is 323 g/mol. The second kappa shape index (κ2) is 5.53. The van der Waals surface area contributed by atoms with Gasteiger partial charge < -0.3 is 9.42 Å². The van der Waals surface area contributed by atoms with Gasteiger partial charge >= 0.3 is 6.18 Å². The van der Waals surface area contributed by atoms with E-state index in [1.165, 1.54) is 0 Å². The van der Waals surface area contributed by atoms with Gasteiger partial charge in [-0.25, -0.2) is 4.98 Å². The number of hydrogen-bond donors (Lipinski definition) is 0. The quantitative estimate of drug-likeness (QED) is 0.845. The molecule has 1 atom stereocenters. The van der Waals surface area contributed by atoms with Gasteiger partial charge in [-0.05, 0) is 25.0 Å². The van der Waals surface area contributed by atoms with Gasteiger partial charge in [-0.15, -0.1) is 0 Å². The van der Waals surface area contributed by atoms with Gasteiger partial charge in [-0.1, -0.05) is 5.16 Å². The van der Waals surface area contributed by atoms with Crippen molar-refractivity contribution < 1.29 is 17.7 Å². The van der Waals surface area contributed by atoms with Gasteiger partial charge in [-0.3, -0.25) is 0 Å². The second-order valence-corrected chi connectivity index (χ2v) is 5.20. The highest BCUT2D eigenvalue weighted by Crippen LogP contribution is 2.37. The second-order valence-electron chi connectivity index (χ2n) is 5.20. The lowest BCUT2D eigenvalue weighted by molar-refractivity contribution is -0.141. The molecule has 0 N–H and O–H groups in total. The summed E-state index contributed by atoms with van der Waals surface area (Å²) in [5.74, 6) is 0.778.